The Labute approximate surface area is 187 Å². The van der Waals surface area contributed by atoms with E-state index in [9.17, 15) is 17.6 Å². The zero-order valence-electron chi connectivity index (χ0n) is 17.8. The maximum Gasteiger partial charge on any atom is 0.258 e. The predicted octanol–water partition coefficient (Wildman–Crippen LogP) is 4.39. The number of carbonyl (C=O) groups is 1. The van der Waals surface area contributed by atoms with Crippen LogP contribution in [0.3, 0.4) is 0 Å². The number of ether oxygens (including phenoxy) is 1. The first-order valence-corrected chi connectivity index (χ1v) is 11.6. The van der Waals surface area contributed by atoms with Gasteiger partial charge in [0.2, 0.25) is 10.0 Å². The Morgan fingerprint density at radius 3 is 2.41 bits per heavy atom. The maximum absolute atomic E-state index is 14.4. The van der Waals surface area contributed by atoms with Crippen LogP contribution in [-0.4, -0.2) is 27.5 Å². The first-order chi connectivity index (χ1) is 15.3. The molecule has 6 nitrogen and oxygen atoms in total. The molecule has 168 valence electrons. The lowest BCUT2D eigenvalue weighted by atomic mass is 10.1. The van der Waals surface area contributed by atoms with Gasteiger partial charge in [0.15, 0.2) is 0 Å². The van der Waals surface area contributed by atoms with Crippen LogP contribution in [0.4, 0.5) is 10.1 Å². The summed E-state index contributed by atoms with van der Waals surface area (Å²) in [5.74, 6) is -1.20. The van der Waals surface area contributed by atoms with Crippen molar-refractivity contribution in [2.45, 2.75) is 30.7 Å². The van der Waals surface area contributed by atoms with Crippen molar-refractivity contribution in [1.29, 1.82) is 0 Å². The summed E-state index contributed by atoms with van der Waals surface area (Å²) in [7, 11) is -2.52. The third-order valence-corrected chi connectivity index (χ3v) is 6.51. The van der Waals surface area contributed by atoms with E-state index in [1.54, 1.807) is 24.3 Å². The third-order valence-electron chi connectivity index (χ3n) is 4.99. The summed E-state index contributed by atoms with van der Waals surface area (Å²) in [5.41, 5.74) is 0.965. The maximum atomic E-state index is 14.4. The first kappa shape index (κ1) is 23.4. The van der Waals surface area contributed by atoms with E-state index < -0.39 is 21.7 Å². The summed E-state index contributed by atoms with van der Waals surface area (Å²) < 4.78 is 48.1. The molecule has 3 aromatic carbocycles. The largest absolute Gasteiger partial charge is 0.495 e. The van der Waals surface area contributed by atoms with Crippen LogP contribution in [-0.2, 0) is 16.4 Å². The van der Waals surface area contributed by atoms with Gasteiger partial charge in [-0.1, -0.05) is 49.4 Å². The highest BCUT2D eigenvalue weighted by atomic mass is 32.2. The van der Waals surface area contributed by atoms with Crippen molar-refractivity contribution in [2.24, 2.45) is 0 Å². The number of rotatable bonds is 9. The van der Waals surface area contributed by atoms with Crippen molar-refractivity contribution in [2.75, 3.05) is 12.4 Å². The topological polar surface area (TPSA) is 84.5 Å². The van der Waals surface area contributed by atoms with Crippen molar-refractivity contribution in [3.8, 4) is 5.75 Å². The van der Waals surface area contributed by atoms with Gasteiger partial charge in [0.1, 0.15) is 11.6 Å². The Hall–Kier alpha value is -3.23. The minimum atomic E-state index is -3.97. The number of para-hydroxylation sites is 2. The van der Waals surface area contributed by atoms with E-state index in [0.29, 0.717) is 24.3 Å². The number of nitrogens with one attached hydrogen (secondary N) is 2. The molecule has 0 aliphatic rings. The highest BCUT2D eigenvalue weighted by Crippen LogP contribution is 2.25. The van der Waals surface area contributed by atoms with Crippen molar-refractivity contribution in [3.63, 3.8) is 0 Å². The summed E-state index contributed by atoms with van der Waals surface area (Å²) in [5, 5.41) is 2.56. The lowest BCUT2D eigenvalue weighted by Gasteiger charge is -2.18. The minimum absolute atomic E-state index is 0.185. The highest BCUT2D eigenvalue weighted by molar-refractivity contribution is 7.89. The number of anilines is 1. The van der Waals surface area contributed by atoms with E-state index in [-0.39, 0.29) is 16.5 Å². The molecule has 0 spiro atoms. The molecule has 3 aromatic rings. The van der Waals surface area contributed by atoms with Gasteiger partial charge < -0.3 is 10.1 Å². The molecule has 32 heavy (non-hydrogen) atoms. The van der Waals surface area contributed by atoms with E-state index in [1.807, 2.05) is 37.3 Å². The number of halogens is 1. The monoisotopic (exact) mass is 456 g/mol. The quantitative estimate of drug-likeness (QED) is 0.500. The van der Waals surface area contributed by atoms with Gasteiger partial charge in [0.05, 0.1) is 23.3 Å². The number of amides is 1. The van der Waals surface area contributed by atoms with Gasteiger partial charge in [-0.05, 0) is 48.7 Å². The average molecular weight is 457 g/mol. The van der Waals surface area contributed by atoms with Gasteiger partial charge in [-0.15, -0.1) is 0 Å². The summed E-state index contributed by atoms with van der Waals surface area (Å²) in [6, 6.07) is 19.0. The lowest BCUT2D eigenvalue weighted by Crippen LogP contribution is -2.36. The van der Waals surface area contributed by atoms with E-state index >= 15 is 0 Å². The lowest BCUT2D eigenvalue weighted by molar-refractivity contribution is 0.102. The molecule has 0 fully saturated rings. The molecule has 0 heterocycles. The van der Waals surface area contributed by atoms with Crippen LogP contribution in [0.1, 0.15) is 29.3 Å². The Kier molecular flexibility index (Phi) is 7.61. The smallest absolute Gasteiger partial charge is 0.258 e. The van der Waals surface area contributed by atoms with Crippen molar-refractivity contribution >= 4 is 21.6 Å². The van der Waals surface area contributed by atoms with Crippen LogP contribution in [0.2, 0.25) is 0 Å². The molecular weight excluding hydrogens is 431 g/mol. The third kappa shape index (κ3) is 5.72. The van der Waals surface area contributed by atoms with Crippen LogP contribution in [0, 0.1) is 5.82 Å². The summed E-state index contributed by atoms with van der Waals surface area (Å²) in [4.78, 5) is 12.5. The number of methoxy groups -OCH3 is 1. The van der Waals surface area contributed by atoms with Gasteiger partial charge >= 0.3 is 0 Å². The zero-order valence-corrected chi connectivity index (χ0v) is 18.7. The van der Waals surface area contributed by atoms with Crippen LogP contribution in [0.5, 0.6) is 5.75 Å². The Morgan fingerprint density at radius 1 is 1.03 bits per heavy atom. The molecule has 0 bridgehead atoms. The van der Waals surface area contributed by atoms with Gasteiger partial charge in [-0.25, -0.2) is 17.5 Å². The second-order valence-corrected chi connectivity index (χ2v) is 8.93. The van der Waals surface area contributed by atoms with Crippen LogP contribution in [0.15, 0.2) is 77.7 Å². The van der Waals surface area contributed by atoms with E-state index in [1.165, 1.54) is 7.11 Å². The Morgan fingerprint density at radius 2 is 1.72 bits per heavy atom. The number of hydrogen-bond acceptors (Lipinski definition) is 4. The average Bonchev–Trinajstić information content (AvgIpc) is 2.79. The molecule has 8 heteroatoms. The number of sulfonamides is 1. The summed E-state index contributed by atoms with van der Waals surface area (Å²) in [6.07, 6.45) is 1.08. The Bertz CT molecular complexity index is 1180. The number of carbonyl (C=O) groups excluding carboxylic acids is 1. The molecule has 0 radical (unpaired) electrons. The molecule has 0 unspecified atom stereocenters. The molecule has 0 saturated heterocycles. The zero-order chi connectivity index (χ0) is 23.1. The molecule has 0 saturated carbocycles. The van der Waals surface area contributed by atoms with Gasteiger partial charge in [-0.2, -0.15) is 0 Å². The minimum Gasteiger partial charge on any atom is -0.495 e. The standard InChI is InChI=1S/C24H25FN2O4S/c1-3-18(15-17-9-5-4-6-10-17)27-32(29,30)19-13-14-21(25)20(16-19)24(28)26-22-11-7-8-12-23(22)31-2/h4-14,16,18,27H,3,15H2,1-2H3,(H,26,28)/t18-/m0/s1. The molecule has 0 aliphatic heterocycles. The van der Waals surface area contributed by atoms with E-state index in [2.05, 4.69) is 10.0 Å². The number of hydrogen-bond donors (Lipinski definition) is 2. The molecule has 2 N–H and O–H groups in total. The fraction of sp³-hybridized carbons (Fsp3) is 0.208. The number of benzene rings is 3. The van der Waals surface area contributed by atoms with Crippen molar-refractivity contribution in [3.05, 3.63) is 89.7 Å². The van der Waals surface area contributed by atoms with Gasteiger partial charge in [0.25, 0.3) is 5.91 Å². The van der Waals surface area contributed by atoms with Gasteiger partial charge in [0, 0.05) is 6.04 Å². The van der Waals surface area contributed by atoms with Crippen LogP contribution < -0.4 is 14.8 Å². The fourth-order valence-electron chi connectivity index (χ4n) is 3.24. The van der Waals surface area contributed by atoms with Crippen LogP contribution in [0.25, 0.3) is 0 Å². The molecule has 0 aliphatic carbocycles. The van der Waals surface area contributed by atoms with E-state index in [0.717, 1.165) is 23.8 Å². The predicted molar refractivity (Wildman–Crippen MR) is 122 cm³/mol. The van der Waals surface area contributed by atoms with Crippen molar-refractivity contribution in [1.82, 2.24) is 4.72 Å². The highest BCUT2D eigenvalue weighted by Gasteiger charge is 2.23. The van der Waals surface area contributed by atoms with Crippen LogP contribution >= 0.6 is 0 Å². The molecule has 1 atom stereocenters. The summed E-state index contributed by atoms with van der Waals surface area (Å²) in [6.45, 7) is 1.88. The fourth-order valence-corrected chi connectivity index (χ4v) is 4.58. The second-order valence-electron chi connectivity index (χ2n) is 7.21. The van der Waals surface area contributed by atoms with Crippen molar-refractivity contribution < 1.29 is 22.3 Å². The Balaban J connectivity index is 1.82. The van der Waals surface area contributed by atoms with Gasteiger partial charge in [-0.3, -0.25) is 4.79 Å². The van der Waals surface area contributed by atoms with E-state index in [4.69, 9.17) is 4.74 Å². The normalized spacial score (nSPS) is 12.2. The summed E-state index contributed by atoms with van der Waals surface area (Å²) >= 11 is 0. The SMILES string of the molecule is CC[C@@H](Cc1ccccc1)NS(=O)(=O)c1ccc(F)c(C(=O)Nc2ccccc2OC)c1. The first-order valence-electron chi connectivity index (χ1n) is 10.1. The molecular formula is C24H25FN2O4S. The molecule has 0 aromatic heterocycles. The molecule has 3 rings (SSSR count). The molecule has 1 amide bonds. The second kappa shape index (κ2) is 10.4.